The van der Waals surface area contributed by atoms with Gasteiger partial charge in [0.15, 0.2) is 17.3 Å². The third-order valence-electron chi connectivity index (χ3n) is 2.44. The lowest BCUT2D eigenvalue weighted by molar-refractivity contribution is 0.101. The maximum Gasteiger partial charge on any atom is 0.166 e. The second-order valence-electron chi connectivity index (χ2n) is 3.85. The summed E-state index contributed by atoms with van der Waals surface area (Å²) in [4.78, 5) is 11.4. The number of carbonyl (C=O) groups is 1. The van der Waals surface area contributed by atoms with Crippen molar-refractivity contribution in [2.24, 2.45) is 0 Å². The molecule has 0 aliphatic heterocycles. The lowest BCUT2D eigenvalue weighted by Gasteiger charge is -2.11. The molecule has 2 rings (SSSR count). The zero-order valence-electron chi connectivity index (χ0n) is 9.91. The van der Waals surface area contributed by atoms with Crippen LogP contribution in [-0.4, -0.2) is 5.78 Å². The topological polar surface area (TPSA) is 26.3 Å². The highest BCUT2D eigenvalue weighted by atomic mass is 79.9. The second kappa shape index (κ2) is 5.48. The fraction of sp³-hybridized carbons (Fsp3) is 0.0714. The van der Waals surface area contributed by atoms with Gasteiger partial charge >= 0.3 is 0 Å². The third kappa shape index (κ3) is 2.98. The zero-order chi connectivity index (χ0) is 14.0. The van der Waals surface area contributed by atoms with E-state index in [-0.39, 0.29) is 17.1 Å². The summed E-state index contributed by atoms with van der Waals surface area (Å²) in [6, 6.07) is 8.10. The molecule has 2 nitrogen and oxygen atoms in total. The van der Waals surface area contributed by atoms with Crippen molar-refractivity contribution in [1.82, 2.24) is 0 Å². The monoisotopic (exact) mass is 326 g/mol. The van der Waals surface area contributed by atoms with Crippen molar-refractivity contribution >= 4 is 21.7 Å². The SMILES string of the molecule is CC(=O)c1c(F)cccc1Oc1cc(Br)ccc1F. The molecule has 0 unspecified atom stereocenters. The Hall–Kier alpha value is -1.75. The lowest BCUT2D eigenvalue weighted by atomic mass is 10.1. The highest BCUT2D eigenvalue weighted by Gasteiger charge is 2.16. The average Bonchev–Trinajstić information content (AvgIpc) is 2.33. The number of hydrogen-bond donors (Lipinski definition) is 0. The lowest BCUT2D eigenvalue weighted by Crippen LogP contribution is -2.01. The van der Waals surface area contributed by atoms with E-state index in [1.54, 1.807) is 0 Å². The first-order valence-electron chi connectivity index (χ1n) is 5.41. The summed E-state index contributed by atoms with van der Waals surface area (Å²) in [5.74, 6) is -1.86. The molecule has 0 aliphatic rings. The smallest absolute Gasteiger partial charge is 0.166 e. The van der Waals surface area contributed by atoms with Crippen molar-refractivity contribution in [3.8, 4) is 11.5 Å². The molecule has 2 aromatic rings. The minimum absolute atomic E-state index is 0.00972. The van der Waals surface area contributed by atoms with Crippen molar-refractivity contribution in [1.29, 1.82) is 0 Å². The number of hydrogen-bond acceptors (Lipinski definition) is 2. The number of rotatable bonds is 3. The van der Waals surface area contributed by atoms with E-state index in [4.69, 9.17) is 4.74 Å². The van der Waals surface area contributed by atoms with Crippen molar-refractivity contribution < 1.29 is 18.3 Å². The van der Waals surface area contributed by atoms with Gasteiger partial charge < -0.3 is 4.74 Å². The summed E-state index contributed by atoms with van der Waals surface area (Å²) in [5, 5.41) is 0. The van der Waals surface area contributed by atoms with Gasteiger partial charge in [-0.1, -0.05) is 22.0 Å². The highest BCUT2D eigenvalue weighted by molar-refractivity contribution is 9.10. The number of ether oxygens (including phenoxy) is 1. The molecular formula is C14H9BrF2O2. The van der Waals surface area contributed by atoms with Gasteiger partial charge in [0.25, 0.3) is 0 Å². The van der Waals surface area contributed by atoms with Gasteiger partial charge in [-0.25, -0.2) is 8.78 Å². The average molecular weight is 327 g/mol. The van der Waals surface area contributed by atoms with Gasteiger partial charge in [0.1, 0.15) is 11.6 Å². The number of carbonyl (C=O) groups excluding carboxylic acids is 1. The third-order valence-corrected chi connectivity index (χ3v) is 2.93. The Labute approximate surface area is 117 Å². The Morgan fingerprint density at radius 1 is 1.11 bits per heavy atom. The number of ketones is 1. The van der Waals surface area contributed by atoms with Gasteiger partial charge in [-0.2, -0.15) is 0 Å². The molecule has 0 bridgehead atoms. The van der Waals surface area contributed by atoms with E-state index in [0.717, 1.165) is 6.07 Å². The largest absolute Gasteiger partial charge is 0.453 e. The van der Waals surface area contributed by atoms with Crippen LogP contribution in [0.4, 0.5) is 8.78 Å². The van der Waals surface area contributed by atoms with Crippen LogP contribution in [0.5, 0.6) is 11.5 Å². The summed E-state index contributed by atoms with van der Waals surface area (Å²) in [5.41, 5.74) is -0.193. The molecule has 19 heavy (non-hydrogen) atoms. The Bertz CT molecular complexity index is 641. The molecule has 0 saturated heterocycles. The Balaban J connectivity index is 2.46. The molecule has 0 aromatic heterocycles. The summed E-state index contributed by atoms with van der Waals surface area (Å²) >= 11 is 3.18. The van der Waals surface area contributed by atoms with E-state index in [2.05, 4.69) is 15.9 Å². The highest BCUT2D eigenvalue weighted by Crippen LogP contribution is 2.31. The van der Waals surface area contributed by atoms with Gasteiger partial charge in [-0.15, -0.1) is 0 Å². The van der Waals surface area contributed by atoms with Crippen molar-refractivity contribution in [2.75, 3.05) is 0 Å². The predicted molar refractivity (Wildman–Crippen MR) is 70.6 cm³/mol. The predicted octanol–water partition coefficient (Wildman–Crippen LogP) is 4.72. The molecule has 0 radical (unpaired) electrons. The Morgan fingerprint density at radius 2 is 1.84 bits per heavy atom. The molecule has 2 aromatic carbocycles. The van der Waals surface area contributed by atoms with Crippen LogP contribution in [0.2, 0.25) is 0 Å². The molecule has 98 valence electrons. The standard InChI is InChI=1S/C14H9BrF2O2/c1-8(18)14-11(17)3-2-4-12(14)19-13-7-9(15)5-6-10(13)16/h2-7H,1H3. The van der Waals surface area contributed by atoms with Gasteiger partial charge in [-0.05, 0) is 37.3 Å². The van der Waals surface area contributed by atoms with Crippen molar-refractivity contribution in [3.05, 3.63) is 58.1 Å². The van der Waals surface area contributed by atoms with Crippen molar-refractivity contribution in [3.63, 3.8) is 0 Å². The molecule has 5 heteroatoms. The second-order valence-corrected chi connectivity index (χ2v) is 4.76. The first-order chi connectivity index (χ1) is 8.99. The Morgan fingerprint density at radius 3 is 2.53 bits per heavy atom. The van der Waals surface area contributed by atoms with E-state index < -0.39 is 17.4 Å². The van der Waals surface area contributed by atoms with Gasteiger partial charge in [-0.3, -0.25) is 4.79 Å². The van der Waals surface area contributed by atoms with Crippen LogP contribution in [-0.2, 0) is 0 Å². The minimum atomic E-state index is -0.694. The van der Waals surface area contributed by atoms with Crippen LogP contribution in [0, 0.1) is 11.6 Å². The first kappa shape index (κ1) is 13.7. The van der Waals surface area contributed by atoms with Gasteiger partial charge in [0, 0.05) is 4.47 Å². The summed E-state index contributed by atoms with van der Waals surface area (Å²) < 4.78 is 33.1. The zero-order valence-corrected chi connectivity index (χ0v) is 11.5. The van der Waals surface area contributed by atoms with E-state index in [0.29, 0.717) is 4.47 Å². The molecule has 0 atom stereocenters. The molecule has 0 amide bonds. The minimum Gasteiger partial charge on any atom is -0.453 e. The quantitative estimate of drug-likeness (QED) is 0.763. The van der Waals surface area contributed by atoms with Crippen LogP contribution in [0.1, 0.15) is 17.3 Å². The number of halogens is 3. The van der Waals surface area contributed by atoms with Crippen LogP contribution in [0.15, 0.2) is 40.9 Å². The first-order valence-corrected chi connectivity index (χ1v) is 6.20. The molecule has 0 saturated carbocycles. The number of Topliss-reactive ketones (excluding diaryl/α,β-unsaturated/α-hetero) is 1. The summed E-state index contributed by atoms with van der Waals surface area (Å²) in [6.07, 6.45) is 0. The van der Waals surface area contributed by atoms with Crippen LogP contribution < -0.4 is 4.74 Å². The molecular weight excluding hydrogens is 318 g/mol. The van der Waals surface area contributed by atoms with E-state index >= 15 is 0 Å². The van der Waals surface area contributed by atoms with Gasteiger partial charge in [0.2, 0.25) is 0 Å². The Kier molecular flexibility index (Phi) is 3.95. The molecule has 0 spiro atoms. The molecule has 0 N–H and O–H groups in total. The molecule has 0 heterocycles. The van der Waals surface area contributed by atoms with Crippen LogP contribution >= 0.6 is 15.9 Å². The van der Waals surface area contributed by atoms with E-state index in [9.17, 15) is 13.6 Å². The molecule has 0 fully saturated rings. The van der Waals surface area contributed by atoms with Crippen LogP contribution in [0.25, 0.3) is 0 Å². The van der Waals surface area contributed by atoms with Gasteiger partial charge in [0.05, 0.1) is 5.56 Å². The van der Waals surface area contributed by atoms with E-state index in [1.807, 2.05) is 0 Å². The number of benzene rings is 2. The summed E-state index contributed by atoms with van der Waals surface area (Å²) in [7, 11) is 0. The fourth-order valence-corrected chi connectivity index (χ4v) is 1.95. The molecule has 0 aliphatic carbocycles. The van der Waals surface area contributed by atoms with Crippen LogP contribution in [0.3, 0.4) is 0 Å². The van der Waals surface area contributed by atoms with Crippen molar-refractivity contribution in [2.45, 2.75) is 6.92 Å². The normalized spacial score (nSPS) is 10.3. The maximum atomic E-state index is 13.6. The summed E-state index contributed by atoms with van der Waals surface area (Å²) in [6.45, 7) is 1.22. The fourth-order valence-electron chi connectivity index (χ4n) is 1.60. The van der Waals surface area contributed by atoms with E-state index in [1.165, 1.54) is 37.3 Å². The maximum absolute atomic E-state index is 13.6.